The summed E-state index contributed by atoms with van der Waals surface area (Å²) in [5, 5.41) is 0.926. The normalized spacial score (nSPS) is 11.8. The van der Waals surface area contributed by atoms with Crippen molar-refractivity contribution >= 4 is 10.9 Å². The maximum atomic E-state index is 12.6. The van der Waals surface area contributed by atoms with Gasteiger partial charge in [0.2, 0.25) is 0 Å². The highest BCUT2D eigenvalue weighted by Gasteiger charge is 2.29. The Morgan fingerprint density at radius 2 is 1.50 bits per heavy atom. The van der Waals surface area contributed by atoms with Crippen LogP contribution in [0.5, 0.6) is 0 Å². The first-order chi connectivity index (χ1) is 9.55. The predicted molar refractivity (Wildman–Crippen MR) is 72.2 cm³/mol. The van der Waals surface area contributed by atoms with Gasteiger partial charge in [-0.3, -0.25) is 4.98 Å². The van der Waals surface area contributed by atoms with Crippen LogP contribution in [0.3, 0.4) is 0 Å². The summed E-state index contributed by atoms with van der Waals surface area (Å²) in [5.41, 5.74) is 1.81. The molecule has 0 radical (unpaired) electrons. The van der Waals surface area contributed by atoms with E-state index in [-0.39, 0.29) is 0 Å². The Kier molecular flexibility index (Phi) is 2.93. The molecule has 0 saturated heterocycles. The maximum Gasteiger partial charge on any atom is 0.416 e. The lowest BCUT2D eigenvalue weighted by molar-refractivity contribution is -0.137. The fourth-order valence-electron chi connectivity index (χ4n) is 2.19. The van der Waals surface area contributed by atoms with Crippen molar-refractivity contribution in [2.24, 2.45) is 0 Å². The summed E-state index contributed by atoms with van der Waals surface area (Å²) in [7, 11) is 0. The third-order valence-electron chi connectivity index (χ3n) is 3.17. The second-order valence-corrected chi connectivity index (χ2v) is 4.45. The Morgan fingerprint density at radius 1 is 0.800 bits per heavy atom. The van der Waals surface area contributed by atoms with E-state index in [9.17, 15) is 13.2 Å². The van der Waals surface area contributed by atoms with Crippen molar-refractivity contribution < 1.29 is 13.2 Å². The van der Waals surface area contributed by atoms with Crippen LogP contribution in [0, 0.1) is 0 Å². The van der Waals surface area contributed by atoms with Crippen molar-refractivity contribution in [3.63, 3.8) is 0 Å². The van der Waals surface area contributed by atoms with E-state index in [0.29, 0.717) is 0 Å². The van der Waals surface area contributed by atoms with Gasteiger partial charge in [-0.1, -0.05) is 30.3 Å². The summed E-state index contributed by atoms with van der Waals surface area (Å²) in [6.45, 7) is 0. The summed E-state index contributed by atoms with van der Waals surface area (Å²) < 4.78 is 37.7. The lowest BCUT2D eigenvalue weighted by Crippen LogP contribution is -2.04. The minimum atomic E-state index is -4.31. The number of fused-ring (bicyclic) bond motifs is 1. The number of aromatic nitrogens is 1. The van der Waals surface area contributed by atoms with Crippen molar-refractivity contribution in [2.45, 2.75) is 6.18 Å². The lowest BCUT2D eigenvalue weighted by Gasteiger charge is -2.09. The molecule has 4 heteroatoms. The van der Waals surface area contributed by atoms with E-state index in [4.69, 9.17) is 0 Å². The zero-order chi connectivity index (χ0) is 14.2. The van der Waals surface area contributed by atoms with Gasteiger partial charge in [-0.05, 0) is 35.4 Å². The quantitative estimate of drug-likeness (QED) is 0.613. The molecule has 100 valence electrons. The van der Waals surface area contributed by atoms with Crippen LogP contribution in [0.1, 0.15) is 5.56 Å². The molecular formula is C16H10F3N. The molecule has 1 heterocycles. The average molecular weight is 273 g/mol. The van der Waals surface area contributed by atoms with E-state index in [2.05, 4.69) is 4.98 Å². The summed E-state index contributed by atoms with van der Waals surface area (Å²) in [6, 6.07) is 14.6. The van der Waals surface area contributed by atoms with Crippen molar-refractivity contribution in [1.29, 1.82) is 0 Å². The monoisotopic (exact) mass is 273 g/mol. The molecule has 0 bridgehead atoms. The van der Waals surface area contributed by atoms with E-state index >= 15 is 0 Å². The first kappa shape index (κ1) is 12.7. The van der Waals surface area contributed by atoms with Crippen LogP contribution in [0.2, 0.25) is 0 Å². The van der Waals surface area contributed by atoms with Gasteiger partial charge in [0.1, 0.15) is 0 Å². The zero-order valence-electron chi connectivity index (χ0n) is 10.4. The Labute approximate surface area is 113 Å². The number of benzene rings is 2. The Hall–Kier alpha value is -2.36. The molecular weight excluding hydrogens is 263 g/mol. The molecule has 1 aromatic heterocycles. The molecule has 0 N–H and O–H groups in total. The number of para-hydroxylation sites is 1. The molecule has 0 aliphatic heterocycles. The molecule has 0 atom stereocenters. The number of rotatable bonds is 1. The van der Waals surface area contributed by atoms with Crippen molar-refractivity contribution in [3.8, 4) is 11.1 Å². The van der Waals surface area contributed by atoms with Crippen LogP contribution >= 0.6 is 0 Å². The minimum Gasteiger partial charge on any atom is -0.256 e. The average Bonchev–Trinajstić information content (AvgIpc) is 2.46. The Bertz CT molecular complexity index is 740. The predicted octanol–water partition coefficient (Wildman–Crippen LogP) is 4.92. The topological polar surface area (TPSA) is 12.9 Å². The van der Waals surface area contributed by atoms with Crippen molar-refractivity contribution in [1.82, 2.24) is 4.98 Å². The third-order valence-corrected chi connectivity index (χ3v) is 3.17. The summed E-state index contributed by atoms with van der Waals surface area (Å²) in [4.78, 5) is 4.24. The molecule has 3 rings (SSSR count). The van der Waals surface area contributed by atoms with Gasteiger partial charge in [0, 0.05) is 11.6 Å². The molecule has 1 nitrogen and oxygen atoms in total. The summed E-state index contributed by atoms with van der Waals surface area (Å²) >= 11 is 0. The number of pyridine rings is 1. The van der Waals surface area contributed by atoms with Crippen LogP contribution in [0.15, 0.2) is 60.8 Å². The van der Waals surface area contributed by atoms with Crippen molar-refractivity contribution in [3.05, 3.63) is 66.4 Å². The van der Waals surface area contributed by atoms with E-state index < -0.39 is 11.7 Å². The van der Waals surface area contributed by atoms with E-state index in [1.165, 1.54) is 12.1 Å². The van der Waals surface area contributed by atoms with E-state index in [1.54, 1.807) is 6.20 Å². The SMILES string of the molecule is FC(F)(F)c1ccc(-c2ccnc3ccccc23)cc1. The van der Waals surface area contributed by atoms with Gasteiger partial charge in [0.05, 0.1) is 11.1 Å². The number of halogens is 3. The van der Waals surface area contributed by atoms with Crippen LogP contribution in [-0.2, 0) is 6.18 Å². The standard InChI is InChI=1S/C16H10F3N/c17-16(18,19)12-7-5-11(6-8-12)13-9-10-20-15-4-2-1-3-14(13)15/h1-10H. The summed E-state index contributed by atoms with van der Waals surface area (Å²) in [6.07, 6.45) is -2.64. The first-order valence-corrected chi connectivity index (χ1v) is 6.07. The third kappa shape index (κ3) is 2.25. The molecule has 3 aromatic rings. The largest absolute Gasteiger partial charge is 0.416 e. The van der Waals surface area contributed by atoms with Gasteiger partial charge in [-0.15, -0.1) is 0 Å². The van der Waals surface area contributed by atoms with Gasteiger partial charge in [0.25, 0.3) is 0 Å². The summed E-state index contributed by atoms with van der Waals surface area (Å²) in [5.74, 6) is 0. The molecule has 0 amide bonds. The second kappa shape index (κ2) is 4.63. The number of hydrogen-bond donors (Lipinski definition) is 0. The maximum absolute atomic E-state index is 12.6. The van der Waals surface area contributed by atoms with Gasteiger partial charge in [-0.25, -0.2) is 0 Å². The molecule has 0 spiro atoms. The first-order valence-electron chi connectivity index (χ1n) is 6.07. The number of alkyl halides is 3. The molecule has 0 unspecified atom stereocenters. The highest BCUT2D eigenvalue weighted by Crippen LogP contribution is 2.32. The van der Waals surface area contributed by atoms with Crippen LogP contribution in [-0.4, -0.2) is 4.98 Å². The van der Waals surface area contributed by atoms with E-state index in [0.717, 1.165) is 34.2 Å². The number of nitrogens with zero attached hydrogens (tertiary/aromatic N) is 1. The molecule has 20 heavy (non-hydrogen) atoms. The van der Waals surface area contributed by atoms with Crippen LogP contribution in [0.4, 0.5) is 13.2 Å². The van der Waals surface area contributed by atoms with Crippen LogP contribution in [0.25, 0.3) is 22.0 Å². The lowest BCUT2D eigenvalue weighted by atomic mass is 10.0. The van der Waals surface area contributed by atoms with Gasteiger partial charge in [0.15, 0.2) is 0 Å². The molecule has 0 aliphatic rings. The highest BCUT2D eigenvalue weighted by atomic mass is 19.4. The Balaban J connectivity index is 2.12. The Morgan fingerprint density at radius 3 is 2.20 bits per heavy atom. The van der Waals surface area contributed by atoms with E-state index in [1.807, 2.05) is 30.3 Å². The fraction of sp³-hybridized carbons (Fsp3) is 0.0625. The smallest absolute Gasteiger partial charge is 0.256 e. The van der Waals surface area contributed by atoms with Gasteiger partial charge < -0.3 is 0 Å². The second-order valence-electron chi connectivity index (χ2n) is 4.45. The zero-order valence-corrected chi connectivity index (χ0v) is 10.4. The van der Waals surface area contributed by atoms with Gasteiger partial charge in [-0.2, -0.15) is 13.2 Å². The van der Waals surface area contributed by atoms with Crippen LogP contribution < -0.4 is 0 Å². The molecule has 2 aromatic carbocycles. The fourth-order valence-corrected chi connectivity index (χ4v) is 2.19. The molecule has 0 aliphatic carbocycles. The minimum absolute atomic E-state index is 0.639. The number of hydrogen-bond acceptors (Lipinski definition) is 1. The van der Waals surface area contributed by atoms with Crippen molar-refractivity contribution in [2.75, 3.05) is 0 Å². The molecule has 0 fully saturated rings. The van der Waals surface area contributed by atoms with Gasteiger partial charge >= 0.3 is 6.18 Å². The molecule has 0 saturated carbocycles. The highest BCUT2D eigenvalue weighted by molar-refractivity contribution is 5.94.